The second-order valence-electron chi connectivity index (χ2n) is 4.71. The molecule has 1 saturated heterocycles. The van der Waals surface area contributed by atoms with Crippen molar-refractivity contribution in [2.24, 2.45) is 5.10 Å². The summed E-state index contributed by atoms with van der Waals surface area (Å²) in [7, 11) is 1.48. The molecule has 2 rings (SSSR count). The van der Waals surface area contributed by atoms with Gasteiger partial charge in [0, 0.05) is 0 Å². The van der Waals surface area contributed by atoms with E-state index in [0.717, 1.165) is 31.5 Å². The topological polar surface area (TPSA) is 74.2 Å². The van der Waals surface area contributed by atoms with Gasteiger partial charge >= 0.3 is 0 Å². The van der Waals surface area contributed by atoms with Gasteiger partial charge in [-0.25, -0.2) is 5.43 Å². The molecule has 0 atom stereocenters. The van der Waals surface area contributed by atoms with Gasteiger partial charge in [-0.15, -0.1) is 0 Å². The molecule has 20 heavy (non-hydrogen) atoms. The SMILES string of the molecule is COc1cc(/C=N/NC(=O)CN2CCCC2)ccc1O. The molecule has 0 aliphatic carbocycles. The lowest BCUT2D eigenvalue weighted by Gasteiger charge is -2.12. The van der Waals surface area contributed by atoms with Crippen molar-refractivity contribution in [2.75, 3.05) is 26.7 Å². The molecule has 2 N–H and O–H groups in total. The molecule has 1 amide bonds. The van der Waals surface area contributed by atoms with E-state index in [9.17, 15) is 9.90 Å². The van der Waals surface area contributed by atoms with E-state index < -0.39 is 0 Å². The van der Waals surface area contributed by atoms with E-state index in [0.29, 0.717) is 12.3 Å². The number of carbonyl (C=O) groups excluding carboxylic acids is 1. The van der Waals surface area contributed by atoms with Crippen LogP contribution < -0.4 is 10.2 Å². The van der Waals surface area contributed by atoms with Crippen LogP contribution in [0.3, 0.4) is 0 Å². The van der Waals surface area contributed by atoms with Gasteiger partial charge in [-0.1, -0.05) is 0 Å². The Morgan fingerprint density at radius 2 is 2.25 bits per heavy atom. The monoisotopic (exact) mass is 277 g/mol. The highest BCUT2D eigenvalue weighted by atomic mass is 16.5. The van der Waals surface area contributed by atoms with Crippen LogP contribution in [0.1, 0.15) is 18.4 Å². The number of hydrogen-bond donors (Lipinski definition) is 2. The number of benzene rings is 1. The van der Waals surface area contributed by atoms with Gasteiger partial charge in [-0.05, 0) is 49.7 Å². The zero-order valence-electron chi connectivity index (χ0n) is 11.5. The van der Waals surface area contributed by atoms with E-state index >= 15 is 0 Å². The van der Waals surface area contributed by atoms with Crippen molar-refractivity contribution in [1.29, 1.82) is 0 Å². The molecule has 6 heteroatoms. The molecule has 0 bridgehead atoms. The van der Waals surface area contributed by atoms with Crippen molar-refractivity contribution >= 4 is 12.1 Å². The molecule has 0 unspecified atom stereocenters. The number of rotatable bonds is 5. The maximum atomic E-state index is 11.6. The quantitative estimate of drug-likeness (QED) is 0.620. The molecule has 1 heterocycles. The minimum Gasteiger partial charge on any atom is -0.504 e. The number of likely N-dealkylation sites (tertiary alicyclic amines) is 1. The number of phenolic OH excluding ortho intramolecular Hbond substituents is 1. The Hall–Kier alpha value is -2.08. The van der Waals surface area contributed by atoms with Crippen molar-refractivity contribution in [3.8, 4) is 11.5 Å². The third-order valence-corrected chi connectivity index (χ3v) is 3.17. The largest absolute Gasteiger partial charge is 0.504 e. The van der Waals surface area contributed by atoms with Gasteiger partial charge in [0.05, 0.1) is 19.9 Å². The number of nitrogens with zero attached hydrogens (tertiary/aromatic N) is 2. The first kappa shape index (κ1) is 14.3. The Balaban J connectivity index is 1.84. The molecular formula is C14H19N3O3. The summed E-state index contributed by atoms with van der Waals surface area (Å²) in [5.41, 5.74) is 3.23. The highest BCUT2D eigenvalue weighted by Gasteiger charge is 2.14. The van der Waals surface area contributed by atoms with Gasteiger partial charge < -0.3 is 9.84 Å². The number of aromatic hydroxyl groups is 1. The van der Waals surface area contributed by atoms with E-state index in [1.54, 1.807) is 12.1 Å². The highest BCUT2D eigenvalue weighted by molar-refractivity contribution is 5.83. The summed E-state index contributed by atoms with van der Waals surface area (Å²) < 4.78 is 5.00. The van der Waals surface area contributed by atoms with Crippen LogP contribution in [0.25, 0.3) is 0 Å². The van der Waals surface area contributed by atoms with Crippen LogP contribution in [0.5, 0.6) is 11.5 Å². The van der Waals surface area contributed by atoms with Crippen LogP contribution in [0.4, 0.5) is 0 Å². The first-order chi connectivity index (χ1) is 9.69. The number of carbonyl (C=O) groups is 1. The maximum Gasteiger partial charge on any atom is 0.254 e. The van der Waals surface area contributed by atoms with Gasteiger partial charge in [0.2, 0.25) is 0 Å². The zero-order valence-corrected chi connectivity index (χ0v) is 11.5. The van der Waals surface area contributed by atoms with Crippen molar-refractivity contribution in [1.82, 2.24) is 10.3 Å². The van der Waals surface area contributed by atoms with E-state index in [-0.39, 0.29) is 11.7 Å². The van der Waals surface area contributed by atoms with Crippen LogP contribution in [0, 0.1) is 0 Å². The van der Waals surface area contributed by atoms with E-state index in [4.69, 9.17) is 4.74 Å². The second kappa shape index (κ2) is 6.91. The lowest BCUT2D eigenvalue weighted by atomic mass is 10.2. The molecule has 0 radical (unpaired) electrons. The van der Waals surface area contributed by atoms with Crippen molar-refractivity contribution in [2.45, 2.75) is 12.8 Å². The standard InChI is InChI=1S/C14H19N3O3/c1-20-13-8-11(4-5-12(13)18)9-15-16-14(19)10-17-6-2-3-7-17/h4-5,8-9,18H,2-3,6-7,10H2,1H3,(H,16,19)/b15-9+. The summed E-state index contributed by atoms with van der Waals surface area (Å²) in [6, 6.07) is 4.85. The average Bonchev–Trinajstić information content (AvgIpc) is 2.93. The summed E-state index contributed by atoms with van der Waals surface area (Å²) in [6.07, 6.45) is 3.83. The number of ether oxygens (including phenoxy) is 1. The fourth-order valence-corrected chi connectivity index (χ4v) is 2.13. The number of nitrogens with one attached hydrogen (secondary N) is 1. The minimum absolute atomic E-state index is 0.0720. The number of hydrazone groups is 1. The van der Waals surface area contributed by atoms with E-state index in [1.165, 1.54) is 19.4 Å². The number of amides is 1. The van der Waals surface area contributed by atoms with Gasteiger partial charge in [0.1, 0.15) is 0 Å². The van der Waals surface area contributed by atoms with Gasteiger partial charge in [0.15, 0.2) is 11.5 Å². The first-order valence-electron chi connectivity index (χ1n) is 6.60. The summed E-state index contributed by atoms with van der Waals surface area (Å²) in [6.45, 7) is 2.34. The second-order valence-corrected chi connectivity index (χ2v) is 4.71. The molecule has 1 aliphatic heterocycles. The average molecular weight is 277 g/mol. The summed E-state index contributed by atoms with van der Waals surface area (Å²) in [4.78, 5) is 13.7. The molecular weight excluding hydrogens is 258 g/mol. The van der Waals surface area contributed by atoms with E-state index in [2.05, 4.69) is 15.4 Å². The summed E-state index contributed by atoms with van der Waals surface area (Å²) in [5, 5.41) is 13.4. The van der Waals surface area contributed by atoms with Crippen LogP contribution >= 0.6 is 0 Å². The van der Waals surface area contributed by atoms with Crippen molar-refractivity contribution < 1.29 is 14.6 Å². The molecule has 0 spiro atoms. The summed E-state index contributed by atoms with van der Waals surface area (Å²) >= 11 is 0. The number of hydrogen-bond acceptors (Lipinski definition) is 5. The Bertz CT molecular complexity index is 496. The lowest BCUT2D eigenvalue weighted by molar-refractivity contribution is -0.121. The predicted octanol–water partition coefficient (Wildman–Crippen LogP) is 0.947. The fraction of sp³-hybridized carbons (Fsp3) is 0.429. The Morgan fingerprint density at radius 3 is 2.95 bits per heavy atom. The Morgan fingerprint density at radius 1 is 1.50 bits per heavy atom. The molecule has 6 nitrogen and oxygen atoms in total. The van der Waals surface area contributed by atoms with Crippen LogP contribution in [0.15, 0.2) is 23.3 Å². The molecule has 1 fully saturated rings. The molecule has 1 aromatic rings. The molecule has 1 aliphatic rings. The third-order valence-electron chi connectivity index (χ3n) is 3.17. The predicted molar refractivity (Wildman–Crippen MR) is 76.1 cm³/mol. The number of phenols is 1. The molecule has 0 saturated carbocycles. The zero-order chi connectivity index (χ0) is 14.4. The lowest BCUT2D eigenvalue weighted by Crippen LogP contribution is -2.33. The molecule has 108 valence electrons. The molecule has 0 aromatic heterocycles. The van der Waals surface area contributed by atoms with E-state index in [1.807, 2.05) is 0 Å². The number of methoxy groups -OCH3 is 1. The smallest absolute Gasteiger partial charge is 0.254 e. The third kappa shape index (κ3) is 3.96. The van der Waals surface area contributed by atoms with Crippen molar-refractivity contribution in [3.05, 3.63) is 23.8 Å². The first-order valence-corrected chi connectivity index (χ1v) is 6.60. The van der Waals surface area contributed by atoms with Gasteiger partial charge in [0.25, 0.3) is 5.91 Å². The summed E-state index contributed by atoms with van der Waals surface area (Å²) in [5.74, 6) is 0.328. The minimum atomic E-state index is -0.117. The fourth-order valence-electron chi connectivity index (χ4n) is 2.13. The Labute approximate surface area is 118 Å². The maximum absolute atomic E-state index is 11.6. The van der Waals surface area contributed by atoms with Crippen LogP contribution in [-0.2, 0) is 4.79 Å². The van der Waals surface area contributed by atoms with Crippen LogP contribution in [-0.4, -0.2) is 48.9 Å². The van der Waals surface area contributed by atoms with Gasteiger partial charge in [-0.3, -0.25) is 9.69 Å². The van der Waals surface area contributed by atoms with Crippen LogP contribution in [0.2, 0.25) is 0 Å². The van der Waals surface area contributed by atoms with Gasteiger partial charge in [-0.2, -0.15) is 5.10 Å². The highest BCUT2D eigenvalue weighted by Crippen LogP contribution is 2.25. The van der Waals surface area contributed by atoms with Crippen molar-refractivity contribution in [3.63, 3.8) is 0 Å². The molecule has 1 aromatic carbocycles. The normalized spacial score (nSPS) is 15.7. The Kier molecular flexibility index (Phi) is 4.95.